The number of para-hydroxylation sites is 6. The number of anilines is 9. The van der Waals surface area contributed by atoms with Gasteiger partial charge in [0.05, 0.1) is 17.1 Å². The highest BCUT2D eigenvalue weighted by Crippen LogP contribution is 2.44. The number of aryl methyl sites for hydroxylation is 3. The van der Waals surface area contributed by atoms with Crippen molar-refractivity contribution in [3.63, 3.8) is 0 Å². The van der Waals surface area contributed by atoms with Gasteiger partial charge >= 0.3 is 0 Å². The van der Waals surface area contributed by atoms with Gasteiger partial charge in [-0.3, -0.25) is 0 Å². The summed E-state index contributed by atoms with van der Waals surface area (Å²) in [5, 5.41) is 0. The summed E-state index contributed by atoms with van der Waals surface area (Å²) in [5.74, 6) is 1.46. The van der Waals surface area contributed by atoms with Crippen LogP contribution in [0.1, 0.15) is 30.5 Å². The van der Waals surface area contributed by atoms with E-state index in [1.54, 1.807) is 0 Å². The van der Waals surface area contributed by atoms with Crippen LogP contribution in [-0.2, 0) is 0 Å². The zero-order valence-electron chi connectivity index (χ0n) is 40.3. The third-order valence-electron chi connectivity index (χ3n) is 10.9. The summed E-state index contributed by atoms with van der Waals surface area (Å²) in [4.78, 5) is 6.82. The highest BCUT2D eigenvalue weighted by Gasteiger charge is 2.20. The molecule has 0 fully saturated rings. The monoisotopic (exact) mass is 899 g/mol. The highest BCUT2D eigenvalue weighted by atomic mass is 16.5. The van der Waals surface area contributed by atoms with E-state index in [4.69, 9.17) is 4.74 Å². The van der Waals surface area contributed by atoms with E-state index < -0.39 is 0 Å². The minimum Gasteiger partial charge on any atom is -0.457 e. The lowest BCUT2D eigenvalue weighted by molar-refractivity contribution is 0.483. The lowest BCUT2D eigenvalue weighted by Gasteiger charge is -2.30. The first-order valence-corrected chi connectivity index (χ1v) is 23.7. The van der Waals surface area contributed by atoms with E-state index in [1.807, 2.05) is 86.6 Å². The average molecular weight is 900 g/mol. The van der Waals surface area contributed by atoms with Gasteiger partial charge < -0.3 is 19.4 Å². The van der Waals surface area contributed by atoms with Crippen LogP contribution in [-0.4, -0.2) is 0 Å². The predicted molar refractivity (Wildman–Crippen MR) is 295 cm³/mol. The van der Waals surface area contributed by atoms with Crippen LogP contribution < -0.4 is 19.4 Å². The van der Waals surface area contributed by atoms with Crippen LogP contribution in [0.15, 0.2) is 279 Å². The Kier molecular flexibility index (Phi) is 17.8. The zero-order valence-corrected chi connectivity index (χ0v) is 40.3. The molecule has 0 amide bonds. The van der Waals surface area contributed by atoms with E-state index in [9.17, 15) is 0 Å². The molecule has 10 aromatic rings. The van der Waals surface area contributed by atoms with Crippen LogP contribution in [0.3, 0.4) is 0 Å². The number of rotatable bonds is 11. The molecule has 0 spiro atoms. The first kappa shape index (κ1) is 48.3. The second-order valence-corrected chi connectivity index (χ2v) is 16.1. The quantitative estimate of drug-likeness (QED) is 0.129. The van der Waals surface area contributed by atoms with Crippen LogP contribution in [0.5, 0.6) is 11.5 Å². The zero-order chi connectivity index (χ0) is 48.0. The number of ether oxygens (including phenoxy) is 1. The summed E-state index contributed by atoms with van der Waals surface area (Å²) in [6.07, 6.45) is 0. The van der Waals surface area contributed by atoms with Gasteiger partial charge in [0.25, 0.3) is 0 Å². The molecule has 0 bridgehead atoms. The molecule has 0 N–H and O–H groups in total. The maximum atomic E-state index is 6.97. The lowest BCUT2D eigenvalue weighted by Crippen LogP contribution is -2.13. The van der Waals surface area contributed by atoms with Crippen molar-refractivity contribution in [2.45, 2.75) is 34.6 Å². The molecule has 10 aromatic carbocycles. The molecule has 4 nitrogen and oxygen atoms in total. The van der Waals surface area contributed by atoms with Crippen LogP contribution in [0.25, 0.3) is 0 Å². The molecule has 0 aromatic heterocycles. The predicted octanol–water partition coefficient (Wildman–Crippen LogP) is 19.2. The molecule has 4 heteroatoms. The number of hydrogen-bond donors (Lipinski definition) is 0. The SMILES string of the molecule is CC.Cc1cc(Oc2cc(N(c3ccccc3)c3ccccc3)cc(N(c3ccccc3)c3ccccc3)c2)cc(N(c2ccccc2)c2ccccc2)c1.Cc1ccccc1.Cc1ccccc1. The number of nitrogens with zero attached hydrogens (tertiary/aromatic N) is 3. The first-order chi connectivity index (χ1) is 34.0. The van der Waals surface area contributed by atoms with Crippen molar-refractivity contribution in [2.75, 3.05) is 14.7 Å². The summed E-state index contributed by atoms with van der Waals surface area (Å²) in [6.45, 7) is 10.3. The largest absolute Gasteiger partial charge is 0.457 e. The molecule has 0 saturated heterocycles. The van der Waals surface area contributed by atoms with Crippen LogP contribution in [0, 0.1) is 20.8 Å². The minimum atomic E-state index is 0.716. The maximum absolute atomic E-state index is 6.97. The van der Waals surface area contributed by atoms with Gasteiger partial charge in [0, 0.05) is 52.3 Å². The van der Waals surface area contributed by atoms with Crippen LogP contribution >= 0.6 is 0 Å². The molecule has 0 aliphatic rings. The van der Waals surface area contributed by atoms with Gasteiger partial charge in [-0.2, -0.15) is 0 Å². The van der Waals surface area contributed by atoms with Crippen molar-refractivity contribution >= 4 is 51.2 Å². The third-order valence-corrected chi connectivity index (χ3v) is 10.9. The fourth-order valence-corrected chi connectivity index (χ4v) is 7.81. The van der Waals surface area contributed by atoms with Gasteiger partial charge in [-0.1, -0.05) is 195 Å². The van der Waals surface area contributed by atoms with Crippen LogP contribution in [0.2, 0.25) is 0 Å². The van der Waals surface area contributed by atoms with Crippen molar-refractivity contribution in [3.8, 4) is 11.5 Å². The van der Waals surface area contributed by atoms with E-state index in [0.717, 1.165) is 62.5 Å². The average Bonchev–Trinajstić information content (AvgIpc) is 3.40. The number of benzene rings is 10. The molecule has 0 saturated carbocycles. The van der Waals surface area contributed by atoms with E-state index in [-0.39, 0.29) is 0 Å². The summed E-state index contributed by atoms with van der Waals surface area (Å²) in [5.41, 5.74) is 13.0. The van der Waals surface area contributed by atoms with Gasteiger partial charge in [-0.25, -0.2) is 0 Å². The summed E-state index contributed by atoms with van der Waals surface area (Å²) in [6, 6.07) is 96.3. The van der Waals surface area contributed by atoms with E-state index in [1.165, 1.54) is 11.1 Å². The normalized spacial score (nSPS) is 10.1. The molecule has 0 radical (unpaired) electrons. The molecule has 0 atom stereocenters. The molecule has 0 aliphatic heterocycles. The summed E-state index contributed by atoms with van der Waals surface area (Å²) >= 11 is 0. The standard InChI is InChI=1S/C49H39N3O.2C7H8.C2H6/c1-38-32-45(50(39-20-8-2-9-21-39)40-22-10-3-11-23-40)35-48(33-38)53-49-36-46(51(41-24-12-4-13-25-41)42-26-14-5-15-27-42)34-47(37-49)52(43-28-16-6-17-29-43)44-30-18-7-19-31-44;2*1-7-5-3-2-4-6-7;1-2/h2-37H,1H3;2*2-6H,1H3;1-2H3. The van der Waals surface area contributed by atoms with Gasteiger partial charge in [0.1, 0.15) is 11.5 Å². The van der Waals surface area contributed by atoms with E-state index in [0.29, 0.717) is 5.75 Å². The van der Waals surface area contributed by atoms with Crippen molar-refractivity contribution < 1.29 is 4.74 Å². The highest BCUT2D eigenvalue weighted by molar-refractivity contribution is 5.84. The second-order valence-electron chi connectivity index (χ2n) is 16.1. The lowest BCUT2D eigenvalue weighted by atomic mass is 10.1. The molecule has 0 unspecified atom stereocenters. The van der Waals surface area contributed by atoms with Gasteiger partial charge in [-0.15, -0.1) is 0 Å². The minimum absolute atomic E-state index is 0.716. The van der Waals surface area contributed by atoms with Crippen molar-refractivity contribution in [1.82, 2.24) is 0 Å². The molecule has 0 heterocycles. The second kappa shape index (κ2) is 25.3. The van der Waals surface area contributed by atoms with Gasteiger partial charge in [-0.05, 0) is 117 Å². The van der Waals surface area contributed by atoms with Crippen molar-refractivity contribution in [3.05, 3.63) is 296 Å². The fraction of sp³-hybridized carbons (Fsp3) is 0.0769. The number of hydrogen-bond acceptors (Lipinski definition) is 4. The Labute approximate surface area is 410 Å². The molecule has 342 valence electrons. The summed E-state index contributed by atoms with van der Waals surface area (Å²) < 4.78 is 6.97. The van der Waals surface area contributed by atoms with Gasteiger partial charge in [0.15, 0.2) is 0 Å². The van der Waals surface area contributed by atoms with Crippen molar-refractivity contribution in [1.29, 1.82) is 0 Å². The summed E-state index contributed by atoms with van der Waals surface area (Å²) in [7, 11) is 0. The maximum Gasteiger partial charge on any atom is 0.131 e. The molecular weight excluding hydrogens is 839 g/mol. The Morgan fingerprint density at radius 1 is 0.217 bits per heavy atom. The molecule has 10 rings (SSSR count). The smallest absolute Gasteiger partial charge is 0.131 e. The Morgan fingerprint density at radius 2 is 0.435 bits per heavy atom. The van der Waals surface area contributed by atoms with E-state index in [2.05, 4.69) is 242 Å². The Hall–Kier alpha value is -8.60. The van der Waals surface area contributed by atoms with Crippen LogP contribution in [0.4, 0.5) is 51.2 Å². The van der Waals surface area contributed by atoms with Gasteiger partial charge in [0.2, 0.25) is 0 Å². The Morgan fingerprint density at radius 3 is 0.667 bits per heavy atom. The fourth-order valence-electron chi connectivity index (χ4n) is 7.81. The molecule has 69 heavy (non-hydrogen) atoms. The third kappa shape index (κ3) is 13.7. The first-order valence-electron chi connectivity index (χ1n) is 23.7. The van der Waals surface area contributed by atoms with E-state index >= 15 is 0 Å². The Balaban J connectivity index is 0.000000374. The molecular formula is C65H61N3O. The van der Waals surface area contributed by atoms with Crippen molar-refractivity contribution in [2.24, 2.45) is 0 Å². The molecule has 0 aliphatic carbocycles. The Bertz CT molecular complexity index is 2730. The topological polar surface area (TPSA) is 19.0 Å².